The first kappa shape index (κ1) is 19.4. The van der Waals surface area contributed by atoms with E-state index in [1.807, 2.05) is 4.90 Å². The van der Waals surface area contributed by atoms with Crippen molar-refractivity contribution < 1.29 is 18.0 Å². The van der Waals surface area contributed by atoms with Gasteiger partial charge in [-0.15, -0.1) is 0 Å². The predicted molar refractivity (Wildman–Crippen MR) is 105 cm³/mol. The summed E-state index contributed by atoms with van der Waals surface area (Å²) in [4.78, 5) is 26.0. The van der Waals surface area contributed by atoms with Crippen LogP contribution < -0.4 is 5.32 Å². The molecule has 3 aliphatic rings. The second-order valence-electron chi connectivity index (χ2n) is 8.07. The summed E-state index contributed by atoms with van der Waals surface area (Å²) in [5, 5.41) is 2.63. The Bertz CT molecular complexity index is 848. The van der Waals surface area contributed by atoms with Crippen molar-refractivity contribution in [3.05, 3.63) is 24.3 Å². The Kier molecular flexibility index (Phi) is 5.18. The highest BCUT2D eigenvalue weighted by molar-refractivity contribution is 7.89. The van der Waals surface area contributed by atoms with Crippen molar-refractivity contribution in [1.82, 2.24) is 9.21 Å². The minimum absolute atomic E-state index is 0.187. The van der Waals surface area contributed by atoms with Gasteiger partial charge in [-0.05, 0) is 48.9 Å². The Labute approximate surface area is 166 Å². The summed E-state index contributed by atoms with van der Waals surface area (Å²) in [6.07, 6.45) is 4.81. The topological polar surface area (TPSA) is 86.8 Å². The third kappa shape index (κ3) is 3.67. The van der Waals surface area contributed by atoms with Crippen LogP contribution in [-0.2, 0) is 19.6 Å². The van der Waals surface area contributed by atoms with Gasteiger partial charge in [-0.25, -0.2) is 8.42 Å². The van der Waals surface area contributed by atoms with Gasteiger partial charge >= 0.3 is 0 Å². The Morgan fingerprint density at radius 3 is 2.07 bits per heavy atom. The highest BCUT2D eigenvalue weighted by atomic mass is 32.2. The first-order valence-electron chi connectivity index (χ1n) is 10.0. The minimum atomic E-state index is -3.60. The van der Waals surface area contributed by atoms with Crippen LogP contribution >= 0.6 is 0 Å². The maximum atomic E-state index is 12.9. The summed E-state index contributed by atoms with van der Waals surface area (Å²) in [7, 11) is -3.60. The van der Waals surface area contributed by atoms with Crippen molar-refractivity contribution >= 4 is 27.5 Å². The van der Waals surface area contributed by atoms with Crippen molar-refractivity contribution in [2.45, 2.75) is 37.5 Å². The molecule has 1 aromatic carbocycles. The first-order valence-corrected chi connectivity index (χ1v) is 11.5. The minimum Gasteiger partial charge on any atom is -0.340 e. The van der Waals surface area contributed by atoms with E-state index < -0.39 is 10.0 Å². The molecule has 8 heteroatoms. The van der Waals surface area contributed by atoms with Crippen LogP contribution in [0.1, 0.15) is 32.6 Å². The second kappa shape index (κ2) is 7.48. The van der Waals surface area contributed by atoms with Crippen LogP contribution in [0.15, 0.2) is 29.2 Å². The van der Waals surface area contributed by atoms with E-state index in [9.17, 15) is 18.0 Å². The Morgan fingerprint density at radius 2 is 1.54 bits per heavy atom. The average Bonchev–Trinajstić information content (AvgIpc) is 3.42. The van der Waals surface area contributed by atoms with Crippen molar-refractivity contribution in [2.24, 2.45) is 17.8 Å². The standard InChI is InChI=1S/C20H27N3O4S/c1-14(24)21-15-6-8-16(9-7-15)28(26,27)23-12-10-22(11-13-23)20(25)19-17-4-2-3-5-18(17)19/h6-9,17-19H,2-5,10-13H2,1H3,(H,21,24)/t17-,18+,19?. The normalized spacial score (nSPS) is 27.8. The summed E-state index contributed by atoms with van der Waals surface area (Å²) in [5.41, 5.74) is 0.563. The molecule has 3 atom stereocenters. The van der Waals surface area contributed by atoms with E-state index in [-0.39, 0.29) is 22.6 Å². The van der Waals surface area contributed by atoms with Gasteiger partial charge in [-0.1, -0.05) is 12.8 Å². The molecule has 1 N–H and O–H groups in total. The predicted octanol–water partition coefficient (Wildman–Crippen LogP) is 1.91. The fourth-order valence-electron chi connectivity index (χ4n) is 4.78. The summed E-state index contributed by atoms with van der Waals surface area (Å²) in [5.74, 6) is 1.36. The van der Waals surface area contributed by atoms with E-state index in [4.69, 9.17) is 0 Å². The average molecular weight is 406 g/mol. The largest absolute Gasteiger partial charge is 0.340 e. The van der Waals surface area contributed by atoms with E-state index in [0.717, 1.165) is 0 Å². The van der Waals surface area contributed by atoms with Gasteiger partial charge in [-0.3, -0.25) is 9.59 Å². The van der Waals surface area contributed by atoms with Gasteiger partial charge in [0.25, 0.3) is 0 Å². The number of rotatable bonds is 4. The molecule has 0 spiro atoms. The van der Waals surface area contributed by atoms with Gasteiger partial charge in [0.2, 0.25) is 21.8 Å². The van der Waals surface area contributed by atoms with E-state index in [2.05, 4.69) is 5.32 Å². The lowest BCUT2D eigenvalue weighted by Gasteiger charge is -2.34. The van der Waals surface area contributed by atoms with Gasteiger partial charge in [-0.2, -0.15) is 4.31 Å². The maximum Gasteiger partial charge on any atom is 0.243 e. The van der Waals surface area contributed by atoms with Crippen molar-refractivity contribution in [3.63, 3.8) is 0 Å². The fourth-order valence-corrected chi connectivity index (χ4v) is 6.20. The van der Waals surface area contributed by atoms with Gasteiger partial charge < -0.3 is 10.2 Å². The molecule has 28 heavy (non-hydrogen) atoms. The molecule has 1 saturated heterocycles. The van der Waals surface area contributed by atoms with E-state index >= 15 is 0 Å². The molecule has 0 bridgehead atoms. The van der Waals surface area contributed by atoms with Gasteiger partial charge in [0.15, 0.2) is 0 Å². The van der Waals surface area contributed by atoms with Crippen molar-refractivity contribution in [2.75, 3.05) is 31.5 Å². The molecule has 7 nitrogen and oxygen atoms in total. The smallest absolute Gasteiger partial charge is 0.243 e. The molecule has 1 aromatic rings. The van der Waals surface area contributed by atoms with Crippen molar-refractivity contribution in [3.8, 4) is 0 Å². The molecule has 1 aliphatic heterocycles. The van der Waals surface area contributed by atoms with E-state index in [0.29, 0.717) is 43.7 Å². The van der Waals surface area contributed by atoms with Crippen LogP contribution in [0.25, 0.3) is 0 Å². The molecule has 0 aromatic heterocycles. The summed E-state index contributed by atoms with van der Waals surface area (Å²) in [6.45, 7) is 2.96. The number of nitrogens with one attached hydrogen (secondary N) is 1. The highest BCUT2D eigenvalue weighted by Gasteiger charge is 2.55. The third-order valence-electron chi connectivity index (χ3n) is 6.30. The van der Waals surface area contributed by atoms with Crippen LogP contribution in [0.5, 0.6) is 0 Å². The zero-order valence-corrected chi connectivity index (χ0v) is 17.0. The van der Waals surface area contributed by atoms with Crippen LogP contribution in [0.2, 0.25) is 0 Å². The number of hydrogen-bond donors (Lipinski definition) is 1. The molecule has 2 saturated carbocycles. The molecule has 152 valence electrons. The molecule has 0 radical (unpaired) electrons. The number of sulfonamides is 1. The molecule has 4 rings (SSSR count). The number of piperazine rings is 1. The Morgan fingerprint density at radius 1 is 0.964 bits per heavy atom. The van der Waals surface area contributed by atoms with Crippen LogP contribution in [0.3, 0.4) is 0 Å². The van der Waals surface area contributed by atoms with Crippen LogP contribution in [0.4, 0.5) is 5.69 Å². The Balaban J connectivity index is 1.36. The lowest BCUT2D eigenvalue weighted by molar-refractivity contribution is -0.134. The molecule has 3 fully saturated rings. The molecular formula is C20H27N3O4S. The lowest BCUT2D eigenvalue weighted by atomic mass is 10.0. The number of hydrogen-bond acceptors (Lipinski definition) is 4. The number of fused-ring (bicyclic) bond motifs is 1. The first-order chi connectivity index (χ1) is 13.4. The van der Waals surface area contributed by atoms with E-state index in [1.54, 1.807) is 12.1 Å². The van der Waals surface area contributed by atoms with E-state index in [1.165, 1.54) is 49.0 Å². The zero-order valence-electron chi connectivity index (χ0n) is 16.1. The van der Waals surface area contributed by atoms with Gasteiger partial charge in [0, 0.05) is 44.7 Å². The number of benzene rings is 1. The zero-order chi connectivity index (χ0) is 19.9. The third-order valence-corrected chi connectivity index (χ3v) is 8.22. The quantitative estimate of drug-likeness (QED) is 0.829. The molecular weight excluding hydrogens is 378 g/mol. The van der Waals surface area contributed by atoms with Gasteiger partial charge in [0.1, 0.15) is 0 Å². The number of nitrogens with zero attached hydrogens (tertiary/aromatic N) is 2. The summed E-state index contributed by atoms with van der Waals surface area (Å²) >= 11 is 0. The summed E-state index contributed by atoms with van der Waals surface area (Å²) in [6, 6.07) is 6.19. The summed E-state index contributed by atoms with van der Waals surface area (Å²) < 4.78 is 27.2. The molecule has 1 heterocycles. The second-order valence-corrected chi connectivity index (χ2v) is 10.0. The maximum absolute atomic E-state index is 12.9. The van der Waals surface area contributed by atoms with Crippen LogP contribution in [0, 0.1) is 17.8 Å². The fraction of sp³-hybridized carbons (Fsp3) is 0.600. The molecule has 1 unspecified atom stereocenters. The lowest BCUT2D eigenvalue weighted by Crippen LogP contribution is -2.51. The SMILES string of the molecule is CC(=O)Nc1ccc(S(=O)(=O)N2CCN(C(=O)C3[C@H]4CCCC[C@@H]34)CC2)cc1. The number of anilines is 1. The number of amides is 2. The van der Waals surface area contributed by atoms with Crippen molar-refractivity contribution in [1.29, 1.82) is 0 Å². The molecule has 2 amide bonds. The molecule has 2 aliphatic carbocycles. The van der Waals surface area contributed by atoms with Gasteiger partial charge in [0.05, 0.1) is 4.90 Å². The number of carbonyl (C=O) groups is 2. The number of carbonyl (C=O) groups excluding carboxylic acids is 2. The highest BCUT2D eigenvalue weighted by Crippen LogP contribution is 2.56. The monoisotopic (exact) mass is 405 g/mol. The Hall–Kier alpha value is -1.93. The van der Waals surface area contributed by atoms with Crippen LogP contribution in [-0.4, -0.2) is 55.6 Å².